The Hall–Kier alpha value is -1.36. The zero-order valence-corrected chi connectivity index (χ0v) is 15.0. The van der Waals surface area contributed by atoms with Crippen molar-refractivity contribution in [1.82, 2.24) is 5.32 Å². The molecular formula is C17H17Cl2NO2S. The Labute approximate surface area is 150 Å². The van der Waals surface area contributed by atoms with E-state index in [1.165, 1.54) is 11.8 Å². The third-order valence-corrected chi connectivity index (χ3v) is 4.70. The molecule has 0 atom stereocenters. The highest BCUT2D eigenvalue weighted by atomic mass is 35.5. The van der Waals surface area contributed by atoms with Crippen LogP contribution in [0.1, 0.15) is 11.1 Å². The number of amides is 1. The first kappa shape index (κ1) is 18.0. The van der Waals surface area contributed by atoms with Crippen molar-refractivity contribution >= 4 is 40.9 Å². The molecule has 2 aromatic rings. The van der Waals surface area contributed by atoms with Gasteiger partial charge < -0.3 is 10.1 Å². The molecule has 122 valence electrons. The maximum absolute atomic E-state index is 11.9. The van der Waals surface area contributed by atoms with E-state index in [0.717, 1.165) is 16.9 Å². The maximum atomic E-state index is 11.9. The molecular weight excluding hydrogens is 353 g/mol. The van der Waals surface area contributed by atoms with Crippen LogP contribution in [-0.4, -0.2) is 18.8 Å². The number of carbonyl (C=O) groups is 1. The Morgan fingerprint density at radius 1 is 1.22 bits per heavy atom. The molecule has 0 radical (unpaired) electrons. The SMILES string of the molecule is COc1cccc(CNC(=O)CSCc2ccc(Cl)cc2Cl)c1. The Kier molecular flexibility index (Phi) is 7.09. The van der Waals surface area contributed by atoms with Crippen LogP contribution in [0.2, 0.25) is 10.0 Å². The number of carbonyl (C=O) groups excluding carboxylic acids is 1. The van der Waals surface area contributed by atoms with E-state index in [1.54, 1.807) is 19.2 Å². The van der Waals surface area contributed by atoms with E-state index < -0.39 is 0 Å². The molecule has 1 N–H and O–H groups in total. The molecule has 0 spiro atoms. The van der Waals surface area contributed by atoms with Gasteiger partial charge in [0.05, 0.1) is 12.9 Å². The molecule has 2 aromatic carbocycles. The summed E-state index contributed by atoms with van der Waals surface area (Å²) in [7, 11) is 1.62. The van der Waals surface area contributed by atoms with E-state index in [2.05, 4.69) is 5.32 Å². The van der Waals surface area contributed by atoms with Crippen molar-refractivity contribution in [1.29, 1.82) is 0 Å². The topological polar surface area (TPSA) is 38.3 Å². The van der Waals surface area contributed by atoms with Crippen molar-refractivity contribution in [2.75, 3.05) is 12.9 Å². The summed E-state index contributed by atoms with van der Waals surface area (Å²) in [5, 5.41) is 4.13. The zero-order valence-electron chi connectivity index (χ0n) is 12.6. The predicted molar refractivity (Wildman–Crippen MR) is 97.5 cm³/mol. The van der Waals surface area contributed by atoms with Crippen molar-refractivity contribution in [2.24, 2.45) is 0 Å². The first-order valence-electron chi connectivity index (χ1n) is 7.00. The molecule has 0 saturated heterocycles. The highest BCUT2D eigenvalue weighted by Crippen LogP contribution is 2.24. The summed E-state index contributed by atoms with van der Waals surface area (Å²) in [5.74, 6) is 1.82. The minimum absolute atomic E-state index is 0.0112. The lowest BCUT2D eigenvalue weighted by Crippen LogP contribution is -2.24. The van der Waals surface area contributed by atoms with Crippen LogP contribution in [0.4, 0.5) is 0 Å². The van der Waals surface area contributed by atoms with Crippen LogP contribution < -0.4 is 10.1 Å². The monoisotopic (exact) mass is 369 g/mol. The van der Waals surface area contributed by atoms with Crippen molar-refractivity contribution in [3.8, 4) is 5.75 Å². The predicted octanol–water partition coefficient (Wildman–Crippen LogP) is 4.55. The molecule has 23 heavy (non-hydrogen) atoms. The smallest absolute Gasteiger partial charge is 0.230 e. The van der Waals surface area contributed by atoms with Gasteiger partial charge in [-0.25, -0.2) is 0 Å². The number of rotatable bonds is 7. The summed E-state index contributed by atoms with van der Waals surface area (Å²) in [4.78, 5) is 11.9. The molecule has 0 heterocycles. The van der Waals surface area contributed by atoms with Gasteiger partial charge in [0.15, 0.2) is 0 Å². The Bertz CT molecular complexity index is 679. The maximum Gasteiger partial charge on any atom is 0.230 e. The van der Waals surface area contributed by atoms with E-state index in [1.807, 2.05) is 30.3 Å². The second-order valence-corrected chi connectivity index (χ2v) is 6.69. The minimum atomic E-state index is -0.0112. The number of halogens is 2. The van der Waals surface area contributed by atoms with Gasteiger partial charge in [-0.15, -0.1) is 11.8 Å². The second-order valence-electron chi connectivity index (χ2n) is 4.86. The van der Waals surface area contributed by atoms with Crippen LogP contribution in [0.25, 0.3) is 0 Å². The van der Waals surface area contributed by atoms with Crippen molar-refractivity contribution in [3.63, 3.8) is 0 Å². The van der Waals surface area contributed by atoms with Gasteiger partial charge in [-0.3, -0.25) is 4.79 Å². The van der Waals surface area contributed by atoms with Gasteiger partial charge in [0, 0.05) is 22.3 Å². The van der Waals surface area contributed by atoms with E-state index in [-0.39, 0.29) is 5.91 Å². The van der Waals surface area contributed by atoms with Crippen LogP contribution in [0, 0.1) is 0 Å². The van der Waals surface area contributed by atoms with Gasteiger partial charge >= 0.3 is 0 Å². The number of nitrogens with one attached hydrogen (secondary N) is 1. The first-order valence-corrected chi connectivity index (χ1v) is 8.91. The molecule has 0 aliphatic heterocycles. The highest BCUT2D eigenvalue weighted by molar-refractivity contribution is 7.99. The number of ether oxygens (including phenoxy) is 1. The zero-order chi connectivity index (χ0) is 16.7. The van der Waals surface area contributed by atoms with Crippen LogP contribution in [-0.2, 0) is 17.1 Å². The third kappa shape index (κ3) is 5.98. The van der Waals surface area contributed by atoms with Crippen LogP contribution in [0.15, 0.2) is 42.5 Å². The van der Waals surface area contributed by atoms with Crippen LogP contribution in [0.3, 0.4) is 0 Å². The lowest BCUT2D eigenvalue weighted by molar-refractivity contribution is -0.118. The molecule has 2 rings (SSSR count). The second kappa shape index (κ2) is 9.06. The minimum Gasteiger partial charge on any atom is -0.497 e. The van der Waals surface area contributed by atoms with Crippen molar-refractivity contribution in [2.45, 2.75) is 12.3 Å². The van der Waals surface area contributed by atoms with Crippen molar-refractivity contribution < 1.29 is 9.53 Å². The summed E-state index contributed by atoms with van der Waals surface area (Å²) >= 11 is 13.5. The summed E-state index contributed by atoms with van der Waals surface area (Å²) in [6.07, 6.45) is 0. The van der Waals surface area contributed by atoms with Crippen LogP contribution in [0.5, 0.6) is 5.75 Å². The van der Waals surface area contributed by atoms with Crippen molar-refractivity contribution in [3.05, 3.63) is 63.6 Å². The molecule has 3 nitrogen and oxygen atoms in total. The molecule has 0 unspecified atom stereocenters. The van der Waals surface area contributed by atoms with E-state index in [0.29, 0.717) is 28.1 Å². The normalized spacial score (nSPS) is 10.4. The Morgan fingerprint density at radius 2 is 2.04 bits per heavy atom. The summed E-state index contributed by atoms with van der Waals surface area (Å²) < 4.78 is 5.16. The Balaban J connectivity index is 1.74. The van der Waals surface area contributed by atoms with E-state index in [4.69, 9.17) is 27.9 Å². The van der Waals surface area contributed by atoms with E-state index in [9.17, 15) is 4.79 Å². The highest BCUT2D eigenvalue weighted by Gasteiger charge is 2.05. The molecule has 0 bridgehead atoms. The summed E-state index contributed by atoms with van der Waals surface area (Å²) in [6.45, 7) is 0.484. The molecule has 0 fully saturated rings. The average Bonchev–Trinajstić information content (AvgIpc) is 2.55. The largest absolute Gasteiger partial charge is 0.497 e. The van der Waals surface area contributed by atoms with Gasteiger partial charge in [-0.05, 0) is 35.4 Å². The van der Waals surface area contributed by atoms with Crippen LogP contribution >= 0.6 is 35.0 Å². The van der Waals surface area contributed by atoms with Gasteiger partial charge in [0.1, 0.15) is 5.75 Å². The summed E-state index contributed by atoms with van der Waals surface area (Å²) in [6, 6.07) is 13.0. The van der Waals surface area contributed by atoms with Gasteiger partial charge in [-0.2, -0.15) is 0 Å². The third-order valence-electron chi connectivity index (χ3n) is 3.13. The van der Waals surface area contributed by atoms with E-state index >= 15 is 0 Å². The molecule has 0 aliphatic carbocycles. The van der Waals surface area contributed by atoms with Gasteiger partial charge in [-0.1, -0.05) is 41.4 Å². The summed E-state index contributed by atoms with van der Waals surface area (Å²) in [5.41, 5.74) is 1.98. The molecule has 1 amide bonds. The fraction of sp³-hybridized carbons (Fsp3) is 0.235. The standard InChI is InChI=1S/C17H17Cl2NO2S/c1-22-15-4-2-3-12(7-15)9-20-17(21)11-23-10-13-5-6-14(18)8-16(13)19/h2-8H,9-11H2,1H3,(H,20,21). The lowest BCUT2D eigenvalue weighted by Gasteiger charge is -2.08. The average molecular weight is 370 g/mol. The number of hydrogen-bond donors (Lipinski definition) is 1. The first-order chi connectivity index (χ1) is 11.1. The molecule has 0 aliphatic rings. The number of benzene rings is 2. The lowest BCUT2D eigenvalue weighted by atomic mass is 10.2. The number of thioether (sulfide) groups is 1. The fourth-order valence-corrected chi connectivity index (χ4v) is 3.34. The molecule has 6 heteroatoms. The Morgan fingerprint density at radius 3 is 2.78 bits per heavy atom. The van der Waals surface area contributed by atoms with Gasteiger partial charge in [0.25, 0.3) is 0 Å². The number of methoxy groups -OCH3 is 1. The molecule has 0 saturated carbocycles. The number of hydrogen-bond acceptors (Lipinski definition) is 3. The molecule has 0 aromatic heterocycles. The fourth-order valence-electron chi connectivity index (χ4n) is 1.93. The van der Waals surface area contributed by atoms with Gasteiger partial charge in [0.2, 0.25) is 5.91 Å². The quantitative estimate of drug-likeness (QED) is 0.777.